The van der Waals surface area contributed by atoms with Gasteiger partial charge in [-0.2, -0.15) is 13.2 Å². The number of hydrogen-bond donors (Lipinski definition) is 3. The van der Waals surface area contributed by atoms with Crippen molar-refractivity contribution < 1.29 is 22.4 Å². The summed E-state index contributed by atoms with van der Waals surface area (Å²) in [5.74, 6) is -0.786. The van der Waals surface area contributed by atoms with Crippen LogP contribution in [0.5, 0.6) is 0 Å². The molecule has 3 N–H and O–H groups in total. The Morgan fingerprint density at radius 1 is 1.11 bits per heavy atom. The van der Waals surface area contributed by atoms with Crippen molar-refractivity contribution in [2.75, 3.05) is 56.0 Å². The van der Waals surface area contributed by atoms with Crippen molar-refractivity contribution in [3.8, 4) is 0 Å². The third-order valence-corrected chi connectivity index (χ3v) is 7.05. The molecule has 37 heavy (non-hydrogen) atoms. The van der Waals surface area contributed by atoms with Gasteiger partial charge in [-0.25, -0.2) is 4.39 Å². The van der Waals surface area contributed by atoms with Gasteiger partial charge in [0.1, 0.15) is 5.82 Å². The van der Waals surface area contributed by atoms with Crippen LogP contribution in [0.25, 0.3) is 0 Å². The maximum atomic E-state index is 14.0. The van der Waals surface area contributed by atoms with E-state index in [1.165, 1.54) is 18.2 Å². The molecule has 1 atom stereocenters. The summed E-state index contributed by atoms with van der Waals surface area (Å²) in [6, 6.07) is 9.60. The minimum Gasteiger partial charge on any atom is -0.367 e. The second-order valence-electron chi connectivity index (χ2n) is 9.54. The highest BCUT2D eigenvalue weighted by atomic mass is 35.5. The van der Waals surface area contributed by atoms with E-state index in [-0.39, 0.29) is 12.5 Å². The average molecular weight is 542 g/mol. The number of carbonyl (C=O) groups excluding carboxylic acids is 1. The first-order chi connectivity index (χ1) is 17.7. The number of alkyl halides is 3. The van der Waals surface area contributed by atoms with Gasteiger partial charge in [0.05, 0.1) is 17.8 Å². The molecule has 4 rings (SSSR count). The molecule has 202 valence electrons. The minimum absolute atomic E-state index is 0.0331. The van der Waals surface area contributed by atoms with Crippen LogP contribution in [-0.4, -0.2) is 68.8 Å². The van der Waals surface area contributed by atoms with Crippen LogP contribution in [0.2, 0.25) is 5.02 Å². The average Bonchev–Trinajstić information content (AvgIpc) is 3.37. The number of anilines is 2. The molecule has 6 nitrogen and oxygen atoms in total. The topological polar surface area (TPSA) is 59.6 Å². The Labute approximate surface area is 219 Å². The van der Waals surface area contributed by atoms with Crippen LogP contribution < -0.4 is 20.9 Å². The van der Waals surface area contributed by atoms with Gasteiger partial charge in [0.25, 0.3) is 5.91 Å². The molecule has 0 aromatic heterocycles. The summed E-state index contributed by atoms with van der Waals surface area (Å²) in [5.41, 5.74) is 2.16. The number of benzene rings is 2. The molecule has 2 aliphatic rings. The van der Waals surface area contributed by atoms with E-state index in [0.717, 1.165) is 25.9 Å². The first-order valence-corrected chi connectivity index (χ1v) is 12.9. The number of hydrogen-bond acceptors (Lipinski definition) is 5. The molecule has 2 heterocycles. The molecule has 11 heteroatoms. The van der Waals surface area contributed by atoms with Gasteiger partial charge in [-0.1, -0.05) is 11.6 Å². The summed E-state index contributed by atoms with van der Waals surface area (Å²) in [7, 11) is 0. The van der Waals surface area contributed by atoms with Gasteiger partial charge in [0, 0.05) is 62.4 Å². The van der Waals surface area contributed by atoms with E-state index in [4.69, 9.17) is 11.6 Å². The maximum absolute atomic E-state index is 14.0. The lowest BCUT2D eigenvalue weighted by Crippen LogP contribution is -2.47. The van der Waals surface area contributed by atoms with E-state index < -0.39 is 18.4 Å². The Bertz CT molecular complexity index is 1070. The Hall–Kier alpha value is -2.40. The molecule has 0 spiro atoms. The van der Waals surface area contributed by atoms with Crippen molar-refractivity contribution in [3.63, 3.8) is 0 Å². The van der Waals surface area contributed by atoms with Crippen molar-refractivity contribution >= 4 is 28.9 Å². The largest absolute Gasteiger partial charge is 0.390 e. The molecule has 2 aliphatic heterocycles. The highest BCUT2D eigenvalue weighted by Crippen LogP contribution is 2.31. The van der Waals surface area contributed by atoms with E-state index in [1.807, 2.05) is 4.90 Å². The number of amides is 1. The molecule has 1 unspecified atom stereocenters. The van der Waals surface area contributed by atoms with E-state index in [2.05, 4.69) is 16.0 Å². The predicted molar refractivity (Wildman–Crippen MR) is 138 cm³/mol. The monoisotopic (exact) mass is 541 g/mol. The molecule has 0 aliphatic carbocycles. The number of piperazine rings is 1. The summed E-state index contributed by atoms with van der Waals surface area (Å²) < 4.78 is 51.8. The highest BCUT2D eigenvalue weighted by Gasteiger charge is 2.29. The van der Waals surface area contributed by atoms with Gasteiger partial charge in [0.2, 0.25) is 0 Å². The van der Waals surface area contributed by atoms with E-state index in [9.17, 15) is 22.4 Å². The van der Waals surface area contributed by atoms with Gasteiger partial charge in [-0.15, -0.1) is 0 Å². The summed E-state index contributed by atoms with van der Waals surface area (Å²) in [6.45, 7) is 3.99. The third kappa shape index (κ3) is 8.04. The summed E-state index contributed by atoms with van der Waals surface area (Å²) >= 11 is 6.24. The van der Waals surface area contributed by atoms with Crippen LogP contribution in [0.15, 0.2) is 36.4 Å². The van der Waals surface area contributed by atoms with Crippen molar-refractivity contribution in [2.45, 2.75) is 38.0 Å². The normalized spacial score (nSPS) is 18.8. The Morgan fingerprint density at radius 3 is 2.59 bits per heavy atom. The second kappa shape index (κ2) is 12.4. The fourth-order valence-electron chi connectivity index (χ4n) is 4.80. The van der Waals surface area contributed by atoms with Gasteiger partial charge in [-0.05, 0) is 61.3 Å². The van der Waals surface area contributed by atoms with Crippen molar-refractivity contribution in [1.29, 1.82) is 0 Å². The highest BCUT2D eigenvalue weighted by molar-refractivity contribution is 6.31. The van der Waals surface area contributed by atoms with Gasteiger partial charge < -0.3 is 20.9 Å². The lowest BCUT2D eigenvalue weighted by molar-refractivity contribution is -0.138. The molecule has 0 saturated carbocycles. The van der Waals surface area contributed by atoms with Crippen LogP contribution in [0.4, 0.5) is 28.9 Å². The van der Waals surface area contributed by atoms with Crippen LogP contribution in [0.3, 0.4) is 0 Å². The number of nitrogens with zero attached hydrogens (tertiary/aromatic N) is 2. The SMILES string of the molecule is O=C(Nc1ccc(Cl)cc1N1CCN(CCC(F)(F)F)CC1)c1ccc(F)cc1CNCC1CCCN1. The zero-order valence-corrected chi connectivity index (χ0v) is 21.3. The Morgan fingerprint density at radius 2 is 1.89 bits per heavy atom. The molecular formula is C26H32ClF4N5O. The van der Waals surface area contributed by atoms with Gasteiger partial charge >= 0.3 is 6.18 Å². The molecule has 2 aromatic carbocycles. The minimum atomic E-state index is -4.18. The van der Waals surface area contributed by atoms with Crippen LogP contribution in [0.1, 0.15) is 35.2 Å². The Balaban J connectivity index is 1.42. The van der Waals surface area contributed by atoms with Crippen LogP contribution in [-0.2, 0) is 6.54 Å². The van der Waals surface area contributed by atoms with E-state index >= 15 is 0 Å². The first-order valence-electron chi connectivity index (χ1n) is 12.6. The zero-order chi connectivity index (χ0) is 26.4. The lowest BCUT2D eigenvalue weighted by Gasteiger charge is -2.37. The maximum Gasteiger partial charge on any atom is 0.390 e. The Kier molecular flexibility index (Phi) is 9.28. The number of nitrogens with one attached hydrogen (secondary N) is 3. The fraction of sp³-hybridized carbons (Fsp3) is 0.500. The molecule has 0 bridgehead atoms. The van der Waals surface area contributed by atoms with Crippen molar-refractivity contribution in [2.24, 2.45) is 0 Å². The lowest BCUT2D eigenvalue weighted by atomic mass is 10.1. The zero-order valence-electron chi connectivity index (χ0n) is 20.5. The fourth-order valence-corrected chi connectivity index (χ4v) is 4.97. The molecule has 2 aromatic rings. The van der Waals surface area contributed by atoms with Crippen LogP contribution >= 0.6 is 11.6 Å². The standard InChI is InChI=1S/C26H32ClF4N5O/c27-19-3-6-23(24(15-19)36-12-10-35(11-13-36)9-7-26(29,30)31)34-25(37)22-5-4-20(28)14-18(22)16-32-17-21-2-1-8-33-21/h3-6,14-15,21,32-33H,1-2,7-13,16-17H2,(H,34,37). The summed E-state index contributed by atoms with van der Waals surface area (Å²) in [5, 5.41) is 10.1. The molecule has 2 saturated heterocycles. The second-order valence-corrected chi connectivity index (χ2v) is 9.97. The molecule has 0 radical (unpaired) electrons. The molecular weight excluding hydrogens is 510 g/mol. The summed E-state index contributed by atoms with van der Waals surface area (Å²) in [4.78, 5) is 17.1. The van der Waals surface area contributed by atoms with E-state index in [1.54, 1.807) is 23.1 Å². The predicted octanol–water partition coefficient (Wildman–Crippen LogP) is 4.65. The van der Waals surface area contributed by atoms with Crippen LogP contribution in [0, 0.1) is 5.82 Å². The number of rotatable bonds is 9. The van der Waals surface area contributed by atoms with Crippen molar-refractivity contribution in [1.82, 2.24) is 15.5 Å². The first kappa shape index (κ1) is 27.6. The number of carbonyl (C=O) groups is 1. The molecule has 1 amide bonds. The quantitative estimate of drug-likeness (QED) is 0.404. The molecule has 2 fully saturated rings. The van der Waals surface area contributed by atoms with Gasteiger partial charge in [0.15, 0.2) is 0 Å². The number of halogens is 5. The van der Waals surface area contributed by atoms with Crippen molar-refractivity contribution in [3.05, 3.63) is 58.4 Å². The summed E-state index contributed by atoms with van der Waals surface area (Å²) in [6.07, 6.45) is -2.80. The van der Waals surface area contributed by atoms with Gasteiger partial charge in [-0.3, -0.25) is 9.69 Å². The van der Waals surface area contributed by atoms with E-state index in [0.29, 0.717) is 66.3 Å². The third-order valence-electron chi connectivity index (χ3n) is 6.81. The smallest absolute Gasteiger partial charge is 0.367 e.